The van der Waals surface area contributed by atoms with Crippen molar-refractivity contribution in [3.63, 3.8) is 0 Å². The lowest BCUT2D eigenvalue weighted by Gasteiger charge is -2.35. The summed E-state index contributed by atoms with van der Waals surface area (Å²) >= 11 is 0. The predicted molar refractivity (Wildman–Crippen MR) is 108 cm³/mol. The van der Waals surface area contributed by atoms with Gasteiger partial charge in [-0.25, -0.2) is 0 Å². The Morgan fingerprint density at radius 1 is 1.14 bits per heavy atom. The van der Waals surface area contributed by atoms with E-state index in [9.17, 15) is 14.4 Å². The molecular formula is C22H25N3O3. The van der Waals surface area contributed by atoms with Crippen LogP contribution in [0.25, 0.3) is 0 Å². The number of anilines is 1. The first kappa shape index (κ1) is 19.6. The van der Waals surface area contributed by atoms with Gasteiger partial charge in [-0.15, -0.1) is 0 Å². The van der Waals surface area contributed by atoms with Crippen LogP contribution in [0.15, 0.2) is 48.5 Å². The molecule has 1 atom stereocenters. The Bertz CT molecular complexity index is 880. The van der Waals surface area contributed by atoms with Crippen LogP contribution in [0.4, 0.5) is 5.69 Å². The van der Waals surface area contributed by atoms with E-state index in [1.165, 1.54) is 4.90 Å². The number of nitrogens with one attached hydrogen (secondary N) is 2. The molecule has 2 aromatic rings. The highest BCUT2D eigenvalue weighted by molar-refractivity contribution is 6.05. The van der Waals surface area contributed by atoms with Crippen LogP contribution < -0.4 is 10.6 Å². The Morgan fingerprint density at radius 2 is 1.89 bits per heavy atom. The van der Waals surface area contributed by atoms with E-state index in [0.717, 1.165) is 16.7 Å². The first-order valence-electron chi connectivity index (χ1n) is 9.42. The number of hydrogen-bond acceptors (Lipinski definition) is 3. The van der Waals surface area contributed by atoms with E-state index in [2.05, 4.69) is 10.6 Å². The van der Waals surface area contributed by atoms with Gasteiger partial charge in [-0.1, -0.05) is 48.0 Å². The molecule has 0 saturated carbocycles. The first-order chi connectivity index (χ1) is 13.4. The monoisotopic (exact) mass is 379 g/mol. The number of piperazine rings is 1. The van der Waals surface area contributed by atoms with Gasteiger partial charge in [0, 0.05) is 25.2 Å². The molecule has 2 aromatic carbocycles. The summed E-state index contributed by atoms with van der Waals surface area (Å²) in [4.78, 5) is 39.0. The summed E-state index contributed by atoms with van der Waals surface area (Å²) in [6, 6.07) is 14.7. The molecule has 3 rings (SSSR count). The zero-order valence-corrected chi connectivity index (χ0v) is 16.2. The molecule has 6 heteroatoms. The Hall–Kier alpha value is -3.15. The summed E-state index contributed by atoms with van der Waals surface area (Å²) in [5, 5.41) is 5.61. The molecule has 1 aliphatic rings. The van der Waals surface area contributed by atoms with E-state index < -0.39 is 6.04 Å². The van der Waals surface area contributed by atoms with Gasteiger partial charge in [0.25, 0.3) is 0 Å². The Kier molecular flexibility index (Phi) is 6.09. The molecule has 0 aromatic heterocycles. The number of carbonyl (C=O) groups excluding carboxylic acids is 3. The number of aryl methyl sites for hydroxylation is 2. The van der Waals surface area contributed by atoms with E-state index in [4.69, 9.17) is 0 Å². The van der Waals surface area contributed by atoms with Crippen LogP contribution in [0.5, 0.6) is 0 Å². The van der Waals surface area contributed by atoms with Crippen molar-refractivity contribution in [3.8, 4) is 0 Å². The average Bonchev–Trinajstić information content (AvgIpc) is 2.66. The number of carbonyl (C=O) groups is 3. The fraction of sp³-hybridized carbons (Fsp3) is 0.318. The summed E-state index contributed by atoms with van der Waals surface area (Å²) < 4.78 is 0. The lowest BCUT2D eigenvalue weighted by molar-refractivity contribution is -0.144. The van der Waals surface area contributed by atoms with Crippen LogP contribution in [-0.4, -0.2) is 41.8 Å². The zero-order chi connectivity index (χ0) is 20.1. The van der Waals surface area contributed by atoms with Gasteiger partial charge in [-0.05, 0) is 31.0 Å². The molecule has 0 unspecified atom stereocenters. The molecule has 6 nitrogen and oxygen atoms in total. The van der Waals surface area contributed by atoms with Gasteiger partial charge in [0.1, 0.15) is 12.5 Å². The highest BCUT2D eigenvalue weighted by Crippen LogP contribution is 2.17. The fourth-order valence-corrected chi connectivity index (χ4v) is 3.44. The molecule has 2 N–H and O–H groups in total. The van der Waals surface area contributed by atoms with Gasteiger partial charge in [-0.2, -0.15) is 0 Å². The van der Waals surface area contributed by atoms with Crippen molar-refractivity contribution in [2.24, 2.45) is 0 Å². The Balaban J connectivity index is 1.66. The topological polar surface area (TPSA) is 78.5 Å². The molecule has 1 saturated heterocycles. The van der Waals surface area contributed by atoms with Gasteiger partial charge in [0.15, 0.2) is 0 Å². The zero-order valence-electron chi connectivity index (χ0n) is 16.2. The quantitative estimate of drug-likeness (QED) is 0.782. The number of nitrogens with zero attached hydrogens (tertiary/aromatic N) is 1. The number of hydrogen-bond donors (Lipinski definition) is 2. The highest BCUT2D eigenvalue weighted by atomic mass is 16.2. The smallest absolute Gasteiger partial charge is 0.243 e. The fourth-order valence-electron chi connectivity index (χ4n) is 3.44. The van der Waals surface area contributed by atoms with Gasteiger partial charge >= 0.3 is 0 Å². The van der Waals surface area contributed by atoms with E-state index in [0.29, 0.717) is 25.2 Å². The third-order valence-electron chi connectivity index (χ3n) is 4.89. The summed E-state index contributed by atoms with van der Waals surface area (Å²) in [5.74, 6) is -0.891. The second-order valence-corrected chi connectivity index (χ2v) is 7.13. The standard InChI is InChI=1S/C22H25N3O3/c1-15-8-9-18(16(2)12-15)24-20(26)14-21(27)25-11-10-23-22(28)19(25)13-17-6-4-3-5-7-17/h3-9,12,19H,10-11,13-14H2,1-2H3,(H,23,28)(H,24,26)/t19-/m0/s1. The van der Waals surface area contributed by atoms with Crippen molar-refractivity contribution < 1.29 is 14.4 Å². The lowest BCUT2D eigenvalue weighted by Crippen LogP contribution is -2.58. The molecular weight excluding hydrogens is 354 g/mol. The van der Waals surface area contributed by atoms with Crippen molar-refractivity contribution in [3.05, 3.63) is 65.2 Å². The van der Waals surface area contributed by atoms with Crippen molar-refractivity contribution in [1.82, 2.24) is 10.2 Å². The summed E-state index contributed by atoms with van der Waals surface area (Å²) in [6.07, 6.45) is 0.142. The molecule has 1 fully saturated rings. The second-order valence-electron chi connectivity index (χ2n) is 7.13. The summed E-state index contributed by atoms with van der Waals surface area (Å²) in [5.41, 5.74) is 3.72. The predicted octanol–water partition coefficient (Wildman–Crippen LogP) is 2.20. The summed E-state index contributed by atoms with van der Waals surface area (Å²) in [7, 11) is 0. The van der Waals surface area contributed by atoms with Gasteiger partial charge in [0.2, 0.25) is 17.7 Å². The normalized spacial score (nSPS) is 16.4. The highest BCUT2D eigenvalue weighted by Gasteiger charge is 2.33. The van der Waals surface area contributed by atoms with Crippen molar-refractivity contribution >= 4 is 23.4 Å². The lowest BCUT2D eigenvalue weighted by atomic mass is 10.0. The van der Waals surface area contributed by atoms with E-state index in [-0.39, 0.29) is 24.1 Å². The molecule has 1 heterocycles. The molecule has 0 radical (unpaired) electrons. The molecule has 146 valence electrons. The second kappa shape index (κ2) is 8.69. The average molecular weight is 379 g/mol. The van der Waals surface area contributed by atoms with Gasteiger partial charge in [-0.3, -0.25) is 14.4 Å². The van der Waals surface area contributed by atoms with Crippen molar-refractivity contribution in [1.29, 1.82) is 0 Å². The van der Waals surface area contributed by atoms with E-state index in [1.807, 2.05) is 62.4 Å². The molecule has 0 aliphatic carbocycles. The third kappa shape index (κ3) is 4.76. The van der Waals surface area contributed by atoms with Crippen molar-refractivity contribution in [2.75, 3.05) is 18.4 Å². The van der Waals surface area contributed by atoms with Crippen LogP contribution in [0.3, 0.4) is 0 Å². The Labute approximate surface area is 164 Å². The molecule has 3 amide bonds. The Morgan fingerprint density at radius 3 is 2.61 bits per heavy atom. The van der Waals surface area contributed by atoms with Crippen LogP contribution in [0.2, 0.25) is 0 Å². The van der Waals surface area contributed by atoms with Crippen LogP contribution >= 0.6 is 0 Å². The number of benzene rings is 2. The molecule has 1 aliphatic heterocycles. The van der Waals surface area contributed by atoms with Crippen LogP contribution in [-0.2, 0) is 20.8 Å². The largest absolute Gasteiger partial charge is 0.353 e. The minimum Gasteiger partial charge on any atom is -0.353 e. The van der Waals surface area contributed by atoms with Gasteiger partial charge < -0.3 is 15.5 Å². The first-order valence-corrected chi connectivity index (χ1v) is 9.42. The minimum absolute atomic E-state index is 0.182. The SMILES string of the molecule is Cc1ccc(NC(=O)CC(=O)N2CCNC(=O)[C@@H]2Cc2ccccc2)c(C)c1. The molecule has 28 heavy (non-hydrogen) atoms. The van der Waals surface area contributed by atoms with E-state index in [1.54, 1.807) is 0 Å². The van der Waals surface area contributed by atoms with E-state index >= 15 is 0 Å². The molecule has 0 bridgehead atoms. The maximum Gasteiger partial charge on any atom is 0.243 e. The summed E-state index contributed by atoms with van der Waals surface area (Å²) in [6.45, 7) is 4.69. The van der Waals surface area contributed by atoms with Crippen LogP contribution in [0, 0.1) is 13.8 Å². The third-order valence-corrected chi connectivity index (χ3v) is 4.89. The number of rotatable bonds is 5. The maximum atomic E-state index is 12.8. The van der Waals surface area contributed by atoms with Crippen LogP contribution in [0.1, 0.15) is 23.1 Å². The maximum absolute atomic E-state index is 12.8. The van der Waals surface area contributed by atoms with Gasteiger partial charge in [0.05, 0.1) is 0 Å². The number of amides is 3. The molecule has 0 spiro atoms. The minimum atomic E-state index is -0.599. The van der Waals surface area contributed by atoms with Crippen molar-refractivity contribution in [2.45, 2.75) is 32.7 Å².